The minimum atomic E-state index is -1.10. The van der Waals surface area contributed by atoms with Gasteiger partial charge in [0, 0.05) is 10.8 Å². The van der Waals surface area contributed by atoms with Crippen LogP contribution in [0.1, 0.15) is 19.3 Å². The van der Waals surface area contributed by atoms with E-state index < -0.39 is 11.9 Å². The van der Waals surface area contributed by atoms with E-state index in [4.69, 9.17) is 0 Å². The molecule has 0 bridgehead atoms. The first-order valence-electron chi connectivity index (χ1n) is 6.92. The standard InChI is InChI=1S/C18H10O4S/c19-17(20)15-13-11-7-3-1-5-9(11)10-6-2-4-8-12(10)14(13)16(23-15)18(21)22/h1-8H,(H,19,20)(H,21,22). The number of thiophene rings is 1. The van der Waals surface area contributed by atoms with Crippen molar-refractivity contribution >= 4 is 55.6 Å². The summed E-state index contributed by atoms with van der Waals surface area (Å²) in [5, 5.41) is 23.5. The topological polar surface area (TPSA) is 74.6 Å². The van der Waals surface area contributed by atoms with E-state index in [1.165, 1.54) is 0 Å². The number of hydrogen-bond donors (Lipinski definition) is 2. The van der Waals surface area contributed by atoms with Gasteiger partial charge in [-0.3, -0.25) is 0 Å². The smallest absolute Gasteiger partial charge is 0.346 e. The predicted octanol–water partition coefficient (Wildman–Crippen LogP) is 4.60. The second kappa shape index (κ2) is 4.79. The Morgan fingerprint density at radius 1 is 0.652 bits per heavy atom. The molecular formula is C18H10O4S. The quantitative estimate of drug-likeness (QED) is 0.529. The van der Waals surface area contributed by atoms with Gasteiger partial charge in [0.15, 0.2) is 0 Å². The Morgan fingerprint density at radius 2 is 1.00 bits per heavy atom. The summed E-state index contributed by atoms with van der Waals surface area (Å²) in [6.07, 6.45) is 0. The van der Waals surface area contributed by atoms with Gasteiger partial charge in [-0.2, -0.15) is 0 Å². The van der Waals surface area contributed by atoms with Crippen molar-refractivity contribution in [3.05, 3.63) is 58.3 Å². The zero-order chi connectivity index (χ0) is 16.1. The highest BCUT2D eigenvalue weighted by Crippen LogP contribution is 2.42. The lowest BCUT2D eigenvalue weighted by molar-refractivity contribution is 0.0696. The molecule has 0 saturated carbocycles. The average Bonchev–Trinajstić information content (AvgIpc) is 2.96. The maximum atomic E-state index is 11.6. The summed E-state index contributed by atoms with van der Waals surface area (Å²) >= 11 is 0.820. The van der Waals surface area contributed by atoms with Crippen molar-refractivity contribution in [3.63, 3.8) is 0 Å². The molecule has 5 heteroatoms. The lowest BCUT2D eigenvalue weighted by atomic mass is 9.94. The first-order chi connectivity index (χ1) is 11.1. The Hall–Kier alpha value is -2.92. The van der Waals surface area contributed by atoms with Crippen LogP contribution in [-0.4, -0.2) is 22.2 Å². The normalized spacial score (nSPS) is 11.3. The van der Waals surface area contributed by atoms with Crippen LogP contribution in [0.25, 0.3) is 32.3 Å². The summed E-state index contributed by atoms with van der Waals surface area (Å²) in [6, 6.07) is 15.0. The highest BCUT2D eigenvalue weighted by atomic mass is 32.1. The largest absolute Gasteiger partial charge is 0.477 e. The second-order valence-corrected chi connectivity index (χ2v) is 6.23. The van der Waals surface area contributed by atoms with Gasteiger partial charge in [0.2, 0.25) is 0 Å². The lowest BCUT2D eigenvalue weighted by Gasteiger charge is -2.08. The molecule has 4 nitrogen and oxygen atoms in total. The molecule has 3 aromatic carbocycles. The number of hydrogen-bond acceptors (Lipinski definition) is 3. The van der Waals surface area contributed by atoms with Crippen LogP contribution in [0.3, 0.4) is 0 Å². The lowest BCUT2D eigenvalue weighted by Crippen LogP contribution is -1.93. The third-order valence-electron chi connectivity index (χ3n) is 3.98. The molecule has 112 valence electrons. The Balaban J connectivity index is 2.43. The summed E-state index contributed by atoms with van der Waals surface area (Å²) in [5.41, 5.74) is 0. The predicted molar refractivity (Wildman–Crippen MR) is 90.8 cm³/mol. The molecule has 0 saturated heterocycles. The van der Waals surface area contributed by atoms with E-state index in [0.29, 0.717) is 10.8 Å². The highest BCUT2D eigenvalue weighted by Gasteiger charge is 2.24. The molecule has 0 amide bonds. The molecule has 0 radical (unpaired) electrons. The van der Waals surface area contributed by atoms with Crippen LogP contribution in [0.15, 0.2) is 48.5 Å². The molecule has 1 heterocycles. The maximum absolute atomic E-state index is 11.6. The van der Waals surface area contributed by atoms with Crippen LogP contribution in [-0.2, 0) is 0 Å². The molecule has 2 N–H and O–H groups in total. The van der Waals surface area contributed by atoms with Crippen molar-refractivity contribution in [2.45, 2.75) is 0 Å². The Morgan fingerprint density at radius 3 is 1.35 bits per heavy atom. The van der Waals surface area contributed by atoms with Crippen LogP contribution in [0, 0.1) is 0 Å². The molecule has 0 spiro atoms. The van der Waals surface area contributed by atoms with E-state index in [0.717, 1.165) is 32.9 Å². The number of fused-ring (bicyclic) bond motifs is 6. The molecule has 0 atom stereocenters. The Bertz CT molecular complexity index is 1040. The number of benzene rings is 3. The number of carboxylic acids is 2. The first-order valence-corrected chi connectivity index (χ1v) is 7.73. The highest BCUT2D eigenvalue weighted by molar-refractivity contribution is 7.18. The van der Waals surface area contributed by atoms with Gasteiger partial charge in [-0.05, 0) is 21.5 Å². The Kier molecular flexibility index (Phi) is 2.86. The summed E-state index contributed by atoms with van der Waals surface area (Å²) in [7, 11) is 0. The van der Waals surface area contributed by atoms with Crippen LogP contribution in [0.4, 0.5) is 0 Å². The number of carboxylic acid groups (broad SMARTS) is 2. The fraction of sp³-hybridized carbons (Fsp3) is 0. The van der Waals surface area contributed by atoms with Gasteiger partial charge in [0.1, 0.15) is 9.75 Å². The molecule has 0 aliphatic carbocycles. The minimum Gasteiger partial charge on any atom is -0.477 e. The average molecular weight is 322 g/mol. The summed E-state index contributed by atoms with van der Waals surface area (Å²) in [5.74, 6) is -2.21. The zero-order valence-corrected chi connectivity index (χ0v) is 12.6. The molecule has 0 unspecified atom stereocenters. The van der Waals surface area contributed by atoms with Gasteiger partial charge < -0.3 is 10.2 Å². The molecule has 4 rings (SSSR count). The fourth-order valence-electron chi connectivity index (χ4n) is 3.12. The van der Waals surface area contributed by atoms with E-state index >= 15 is 0 Å². The third kappa shape index (κ3) is 1.83. The van der Waals surface area contributed by atoms with Crippen molar-refractivity contribution in [2.24, 2.45) is 0 Å². The van der Waals surface area contributed by atoms with Crippen LogP contribution >= 0.6 is 11.3 Å². The third-order valence-corrected chi connectivity index (χ3v) is 5.15. The number of carbonyl (C=O) groups is 2. The van der Waals surface area contributed by atoms with Gasteiger partial charge in [0.25, 0.3) is 0 Å². The summed E-state index contributed by atoms with van der Waals surface area (Å²) in [4.78, 5) is 23.4. The number of aromatic carboxylic acids is 2. The van der Waals surface area contributed by atoms with E-state index in [1.807, 2.05) is 48.5 Å². The molecule has 4 aromatic rings. The fourth-order valence-corrected chi connectivity index (χ4v) is 4.13. The van der Waals surface area contributed by atoms with Crippen LogP contribution in [0.5, 0.6) is 0 Å². The van der Waals surface area contributed by atoms with Gasteiger partial charge >= 0.3 is 11.9 Å². The van der Waals surface area contributed by atoms with Gasteiger partial charge in [0.05, 0.1) is 0 Å². The second-order valence-electron chi connectivity index (χ2n) is 5.21. The molecule has 0 aliphatic heterocycles. The Labute approximate surface area is 134 Å². The van der Waals surface area contributed by atoms with E-state index in [-0.39, 0.29) is 9.75 Å². The van der Waals surface area contributed by atoms with Gasteiger partial charge in [-0.25, -0.2) is 9.59 Å². The number of rotatable bonds is 2. The maximum Gasteiger partial charge on any atom is 0.346 e. The van der Waals surface area contributed by atoms with Crippen molar-refractivity contribution in [2.75, 3.05) is 0 Å². The molecule has 0 aliphatic rings. The zero-order valence-electron chi connectivity index (χ0n) is 11.7. The van der Waals surface area contributed by atoms with Crippen molar-refractivity contribution in [1.29, 1.82) is 0 Å². The molecular weight excluding hydrogens is 312 g/mol. The van der Waals surface area contributed by atoms with Gasteiger partial charge in [-0.1, -0.05) is 48.5 Å². The van der Waals surface area contributed by atoms with Crippen molar-refractivity contribution in [3.8, 4) is 0 Å². The monoisotopic (exact) mass is 322 g/mol. The minimum absolute atomic E-state index is 0.0688. The van der Waals surface area contributed by atoms with Gasteiger partial charge in [-0.15, -0.1) is 11.3 Å². The molecule has 0 fully saturated rings. The molecule has 1 aromatic heterocycles. The first kappa shape index (κ1) is 13.7. The SMILES string of the molecule is O=C(O)c1sc(C(=O)O)c2c3ccccc3c3ccccc3c12. The summed E-state index contributed by atoms with van der Waals surface area (Å²) in [6.45, 7) is 0. The van der Waals surface area contributed by atoms with Crippen molar-refractivity contribution < 1.29 is 19.8 Å². The van der Waals surface area contributed by atoms with E-state index in [1.54, 1.807) is 0 Å². The van der Waals surface area contributed by atoms with Crippen molar-refractivity contribution in [1.82, 2.24) is 0 Å². The van der Waals surface area contributed by atoms with E-state index in [2.05, 4.69) is 0 Å². The van der Waals surface area contributed by atoms with Crippen LogP contribution in [0.2, 0.25) is 0 Å². The summed E-state index contributed by atoms with van der Waals surface area (Å²) < 4.78 is 0. The van der Waals surface area contributed by atoms with E-state index in [9.17, 15) is 19.8 Å². The molecule has 23 heavy (non-hydrogen) atoms. The van der Waals surface area contributed by atoms with Crippen LogP contribution < -0.4 is 0 Å².